The van der Waals surface area contributed by atoms with Gasteiger partial charge in [0.05, 0.1) is 24.0 Å². The smallest absolute Gasteiger partial charge is 0.154 e. The Labute approximate surface area is 160 Å². The lowest BCUT2D eigenvalue weighted by atomic mass is 9.85. The largest absolute Gasteiger partial charge is 0.365 e. The Morgan fingerprint density at radius 1 is 1.04 bits per heavy atom. The second kappa shape index (κ2) is 5.88. The molecule has 3 heterocycles. The van der Waals surface area contributed by atoms with E-state index in [4.69, 9.17) is 16.3 Å². The van der Waals surface area contributed by atoms with Crippen molar-refractivity contribution >= 4 is 34.5 Å². The number of hydrogen-bond donors (Lipinski definition) is 0. The van der Waals surface area contributed by atoms with Gasteiger partial charge in [0.2, 0.25) is 0 Å². The highest BCUT2D eigenvalue weighted by atomic mass is 35.5. The van der Waals surface area contributed by atoms with Crippen LogP contribution in [0.1, 0.15) is 23.3 Å². The number of benzene rings is 1. The van der Waals surface area contributed by atoms with E-state index in [2.05, 4.69) is 6.92 Å². The molecule has 2 aliphatic heterocycles. The molecular weight excluding hydrogens is 368 g/mol. The van der Waals surface area contributed by atoms with Crippen LogP contribution in [-0.4, -0.2) is 23.8 Å². The van der Waals surface area contributed by atoms with E-state index in [1.54, 1.807) is 11.3 Å². The van der Waals surface area contributed by atoms with Gasteiger partial charge >= 0.3 is 0 Å². The van der Waals surface area contributed by atoms with Crippen molar-refractivity contribution < 1.29 is 14.3 Å². The lowest BCUT2D eigenvalue weighted by Gasteiger charge is -2.12. The number of thiophene rings is 1. The molecule has 2 bridgehead atoms. The van der Waals surface area contributed by atoms with E-state index < -0.39 is 5.92 Å². The number of ether oxygens (including phenoxy) is 1. The standard InChI is InChI=1S/C21H17ClO3S/c1-2-15-12(9-16(26-15)10-3-5-11(22)6-4-10)17-20(23)18-13-7-8-14(25-13)19(18)21(17)24/h3-9,13-14,17-19H,2H2,1H3. The number of Topliss-reactive ketones (excluding diaryl/α,β-unsaturated/α-hetero) is 2. The van der Waals surface area contributed by atoms with Crippen LogP contribution in [0.4, 0.5) is 0 Å². The fraction of sp³-hybridized carbons (Fsp3) is 0.333. The molecule has 1 aromatic heterocycles. The van der Waals surface area contributed by atoms with Crippen molar-refractivity contribution in [3.8, 4) is 10.4 Å². The summed E-state index contributed by atoms with van der Waals surface area (Å²) in [6, 6.07) is 9.70. The van der Waals surface area contributed by atoms with Gasteiger partial charge in [0.15, 0.2) is 11.6 Å². The molecule has 0 amide bonds. The normalized spacial score (nSPS) is 31.8. The monoisotopic (exact) mass is 384 g/mol. The first-order valence-corrected chi connectivity index (χ1v) is 10.1. The van der Waals surface area contributed by atoms with Gasteiger partial charge in [-0.05, 0) is 35.7 Å². The van der Waals surface area contributed by atoms with Crippen LogP contribution in [0.5, 0.6) is 0 Å². The summed E-state index contributed by atoms with van der Waals surface area (Å²) in [6.45, 7) is 2.07. The minimum absolute atomic E-state index is 0.0343. The fourth-order valence-electron chi connectivity index (χ4n) is 4.54. The maximum absolute atomic E-state index is 13.1. The summed E-state index contributed by atoms with van der Waals surface area (Å²) in [4.78, 5) is 28.4. The lowest BCUT2D eigenvalue weighted by molar-refractivity contribution is -0.127. The zero-order chi connectivity index (χ0) is 18.0. The molecule has 0 radical (unpaired) electrons. The third-order valence-electron chi connectivity index (χ3n) is 5.73. The Hall–Kier alpha value is -1.75. The molecular formula is C21H17ClO3S. The quantitative estimate of drug-likeness (QED) is 0.580. The van der Waals surface area contributed by atoms with Gasteiger partial charge in [-0.3, -0.25) is 9.59 Å². The van der Waals surface area contributed by atoms with Gasteiger partial charge in [-0.25, -0.2) is 0 Å². The van der Waals surface area contributed by atoms with Crippen molar-refractivity contribution in [2.24, 2.45) is 11.8 Å². The van der Waals surface area contributed by atoms with Gasteiger partial charge in [0.25, 0.3) is 0 Å². The molecule has 3 nitrogen and oxygen atoms in total. The van der Waals surface area contributed by atoms with Crippen LogP contribution in [0, 0.1) is 11.8 Å². The molecule has 1 aliphatic carbocycles. The van der Waals surface area contributed by atoms with E-state index in [0.717, 1.165) is 27.3 Å². The maximum atomic E-state index is 13.1. The van der Waals surface area contributed by atoms with Crippen molar-refractivity contribution in [2.75, 3.05) is 0 Å². The molecule has 26 heavy (non-hydrogen) atoms. The summed E-state index contributed by atoms with van der Waals surface area (Å²) in [7, 11) is 0. The van der Waals surface area contributed by atoms with Gasteiger partial charge in [0, 0.05) is 14.8 Å². The van der Waals surface area contributed by atoms with Crippen molar-refractivity contribution in [1.29, 1.82) is 0 Å². The Kier molecular flexibility index (Phi) is 3.71. The molecule has 1 aromatic carbocycles. The first kappa shape index (κ1) is 16.4. The molecule has 1 saturated heterocycles. The van der Waals surface area contributed by atoms with E-state index in [-0.39, 0.29) is 35.6 Å². The van der Waals surface area contributed by atoms with Gasteiger partial charge in [-0.2, -0.15) is 0 Å². The third kappa shape index (κ3) is 2.22. The minimum atomic E-state index is -0.633. The summed E-state index contributed by atoms with van der Waals surface area (Å²) >= 11 is 7.65. The number of hydrogen-bond acceptors (Lipinski definition) is 4. The summed E-state index contributed by atoms with van der Waals surface area (Å²) in [5, 5.41) is 0.693. The van der Waals surface area contributed by atoms with E-state index in [1.807, 2.05) is 42.5 Å². The first-order chi connectivity index (χ1) is 12.6. The van der Waals surface area contributed by atoms with Crippen LogP contribution in [0.3, 0.4) is 0 Å². The van der Waals surface area contributed by atoms with Crippen LogP contribution in [0.2, 0.25) is 5.02 Å². The predicted octanol–water partition coefficient (Wildman–Crippen LogP) is 4.44. The zero-order valence-corrected chi connectivity index (χ0v) is 15.7. The summed E-state index contributed by atoms with van der Waals surface area (Å²) in [6.07, 6.45) is 4.25. The fourth-order valence-corrected chi connectivity index (χ4v) is 5.81. The molecule has 1 saturated carbocycles. The molecule has 4 atom stereocenters. The van der Waals surface area contributed by atoms with Crippen molar-refractivity contribution in [1.82, 2.24) is 0 Å². The molecule has 0 N–H and O–H groups in total. The SMILES string of the molecule is CCc1sc(-c2ccc(Cl)cc2)cc1C1C(=O)C2C3C=CC(O3)C2C1=O. The predicted molar refractivity (Wildman–Crippen MR) is 102 cm³/mol. The zero-order valence-electron chi connectivity index (χ0n) is 14.1. The van der Waals surface area contributed by atoms with Crippen LogP contribution in [0.15, 0.2) is 42.5 Å². The Bertz CT molecular complexity index is 913. The molecule has 4 unspecified atom stereocenters. The Balaban J connectivity index is 1.55. The van der Waals surface area contributed by atoms with Crippen LogP contribution in [-0.2, 0) is 20.7 Å². The Morgan fingerprint density at radius 3 is 2.23 bits per heavy atom. The van der Waals surface area contributed by atoms with Gasteiger partial charge in [0.1, 0.15) is 5.92 Å². The average molecular weight is 385 g/mol. The second-order valence-corrected chi connectivity index (χ2v) is 8.66. The van der Waals surface area contributed by atoms with Crippen molar-refractivity contribution in [2.45, 2.75) is 31.5 Å². The third-order valence-corrected chi connectivity index (χ3v) is 7.32. The van der Waals surface area contributed by atoms with E-state index in [1.165, 1.54) is 0 Å². The molecule has 5 heteroatoms. The highest BCUT2D eigenvalue weighted by Gasteiger charge is 2.61. The molecule has 132 valence electrons. The summed E-state index contributed by atoms with van der Waals surface area (Å²) in [5.74, 6) is -1.16. The van der Waals surface area contributed by atoms with Crippen LogP contribution < -0.4 is 0 Å². The van der Waals surface area contributed by atoms with Gasteiger partial charge in [-0.1, -0.05) is 42.8 Å². The molecule has 3 aliphatic rings. The lowest BCUT2D eigenvalue weighted by Crippen LogP contribution is -2.26. The highest BCUT2D eigenvalue weighted by Crippen LogP contribution is 2.51. The van der Waals surface area contributed by atoms with Gasteiger partial charge in [-0.15, -0.1) is 11.3 Å². The van der Waals surface area contributed by atoms with Gasteiger partial charge < -0.3 is 4.74 Å². The second-order valence-electron chi connectivity index (χ2n) is 7.09. The highest BCUT2D eigenvalue weighted by molar-refractivity contribution is 7.15. The maximum Gasteiger partial charge on any atom is 0.154 e. The van der Waals surface area contributed by atoms with E-state index in [9.17, 15) is 9.59 Å². The minimum Gasteiger partial charge on any atom is -0.365 e. The van der Waals surface area contributed by atoms with Crippen LogP contribution in [0.25, 0.3) is 10.4 Å². The molecule has 5 rings (SSSR count). The number of ketones is 2. The average Bonchev–Trinajstić information content (AvgIpc) is 3.39. The molecule has 2 aromatic rings. The van der Waals surface area contributed by atoms with Crippen molar-refractivity contribution in [3.63, 3.8) is 0 Å². The molecule has 0 spiro atoms. The van der Waals surface area contributed by atoms with Crippen LogP contribution >= 0.6 is 22.9 Å². The van der Waals surface area contributed by atoms with Crippen molar-refractivity contribution in [3.05, 3.63) is 57.9 Å². The number of fused-ring (bicyclic) bond motifs is 5. The Morgan fingerprint density at radius 2 is 1.65 bits per heavy atom. The number of carbonyl (C=O) groups is 2. The molecule has 2 fully saturated rings. The van der Waals surface area contributed by atoms with E-state index >= 15 is 0 Å². The summed E-state index contributed by atoms with van der Waals surface area (Å²) < 4.78 is 5.74. The first-order valence-electron chi connectivity index (χ1n) is 8.88. The summed E-state index contributed by atoms with van der Waals surface area (Å²) in [5.41, 5.74) is 1.95. The van der Waals surface area contributed by atoms with E-state index in [0.29, 0.717) is 5.02 Å². The topological polar surface area (TPSA) is 43.4 Å². The number of carbonyl (C=O) groups excluding carboxylic acids is 2. The number of rotatable bonds is 3. The number of aryl methyl sites for hydroxylation is 1. The number of halogens is 1.